The molecule has 0 saturated heterocycles. The molecule has 2 aliphatic rings. The van der Waals surface area contributed by atoms with Crippen LogP contribution in [0.3, 0.4) is 0 Å². The van der Waals surface area contributed by atoms with Gasteiger partial charge in [0.1, 0.15) is 28.2 Å². The zero-order valence-electron chi connectivity index (χ0n) is 26.0. The molecule has 0 radical (unpaired) electrons. The lowest BCUT2D eigenvalue weighted by molar-refractivity contribution is -0.999. The Morgan fingerprint density at radius 3 is 1.43 bits per heavy atom. The van der Waals surface area contributed by atoms with Gasteiger partial charge in [-0.3, -0.25) is 9.68 Å². The zero-order chi connectivity index (χ0) is 29.2. The van der Waals surface area contributed by atoms with Crippen molar-refractivity contribution in [2.75, 3.05) is 54.4 Å². The highest BCUT2D eigenvalue weighted by atomic mass is 16.8. The molecule has 1 aromatic carbocycles. The average molecular weight is 559 g/mol. The fourth-order valence-corrected chi connectivity index (χ4v) is 6.05. The Labute approximate surface area is 242 Å². The number of hydrogen-bond acceptors (Lipinski definition) is 4. The Kier molecular flexibility index (Phi) is 11.9. The van der Waals surface area contributed by atoms with E-state index in [9.17, 15) is 9.59 Å². The molecule has 0 spiro atoms. The third kappa shape index (κ3) is 8.00. The van der Waals surface area contributed by atoms with Crippen LogP contribution in [0, 0.1) is 0 Å². The second-order valence-corrected chi connectivity index (χ2v) is 12.0. The monoisotopic (exact) mass is 558 g/mol. The number of unbranched alkanes of at least 4 members (excludes halogenated alkanes) is 8. The van der Waals surface area contributed by atoms with Gasteiger partial charge in [-0.05, 0) is 34.3 Å². The summed E-state index contributed by atoms with van der Waals surface area (Å²) in [4.78, 5) is 39.4. The maximum atomic E-state index is 13.6. The van der Waals surface area contributed by atoms with Crippen LogP contribution in [0.15, 0.2) is 24.3 Å². The maximum absolute atomic E-state index is 13.6. The molecule has 2 heterocycles. The summed E-state index contributed by atoms with van der Waals surface area (Å²) in [6, 6.07) is 6.89. The van der Waals surface area contributed by atoms with Crippen molar-refractivity contribution in [1.82, 2.24) is 0 Å². The van der Waals surface area contributed by atoms with Crippen molar-refractivity contribution >= 4 is 23.6 Å². The molecule has 1 aromatic rings. The van der Waals surface area contributed by atoms with Gasteiger partial charge in [0, 0.05) is 0 Å². The number of hydrogen-bond donors (Lipinski definition) is 0. The number of amidine groups is 2. The van der Waals surface area contributed by atoms with Gasteiger partial charge in [0.15, 0.2) is 13.1 Å². The highest BCUT2D eigenvalue weighted by molar-refractivity contribution is 6.03. The maximum Gasteiger partial charge on any atom is 0.399 e. The second kappa shape index (κ2) is 14.9. The van der Waals surface area contributed by atoms with Crippen LogP contribution in [0.25, 0.3) is 0 Å². The first-order valence-electron chi connectivity index (χ1n) is 15.6. The molecule has 0 aromatic heterocycles. The van der Waals surface area contributed by atoms with Gasteiger partial charge in [-0.25, -0.2) is 9.59 Å². The van der Waals surface area contributed by atoms with Crippen LogP contribution in [0.1, 0.15) is 112 Å². The summed E-state index contributed by atoms with van der Waals surface area (Å²) in [6.45, 7) is 7.49. The van der Waals surface area contributed by atoms with Crippen molar-refractivity contribution in [3.63, 3.8) is 0 Å². The van der Waals surface area contributed by atoms with Crippen molar-refractivity contribution in [2.24, 2.45) is 0 Å². The molecule has 8 heteroatoms. The molecule has 2 aliphatic heterocycles. The zero-order valence-corrected chi connectivity index (χ0v) is 26.0. The number of carbonyl (C=O) groups is 2. The highest BCUT2D eigenvalue weighted by Gasteiger charge is 2.49. The third-order valence-corrected chi connectivity index (χ3v) is 8.64. The van der Waals surface area contributed by atoms with Crippen LogP contribution in [0.5, 0.6) is 0 Å². The van der Waals surface area contributed by atoms with Crippen LogP contribution >= 0.6 is 0 Å². The van der Waals surface area contributed by atoms with E-state index in [1.807, 2.05) is 14.1 Å². The van der Waals surface area contributed by atoms with E-state index in [0.29, 0.717) is 13.1 Å². The predicted octanol–water partition coefficient (Wildman–Crippen LogP) is 5.55. The van der Waals surface area contributed by atoms with E-state index in [1.54, 1.807) is 24.3 Å². The van der Waals surface area contributed by atoms with Gasteiger partial charge in [-0.1, -0.05) is 77.3 Å². The summed E-state index contributed by atoms with van der Waals surface area (Å²) in [7, 11) is 8.05. The van der Waals surface area contributed by atoms with Crippen LogP contribution in [0.2, 0.25) is 0 Å². The Balaban J connectivity index is 1.70. The largest absolute Gasteiger partial charge is 0.399 e. The van der Waals surface area contributed by atoms with Gasteiger partial charge in [0.2, 0.25) is 13.1 Å². The van der Waals surface area contributed by atoms with E-state index in [0.717, 1.165) is 50.4 Å². The van der Waals surface area contributed by atoms with E-state index < -0.39 is 11.9 Å². The number of likely N-dealkylation sites (N-methyl/N-ethyl adjacent to an activating group) is 4. The van der Waals surface area contributed by atoms with Gasteiger partial charge in [-0.15, -0.1) is 0 Å². The van der Waals surface area contributed by atoms with E-state index in [1.165, 1.54) is 51.4 Å². The summed E-state index contributed by atoms with van der Waals surface area (Å²) < 4.78 is 4.67. The molecule has 3 rings (SSSR count). The van der Waals surface area contributed by atoms with E-state index >= 15 is 0 Å². The molecule has 0 saturated carbocycles. The Morgan fingerprint density at radius 1 is 0.675 bits per heavy atom. The average Bonchev–Trinajstić information content (AvgIpc) is 3.37. The van der Waals surface area contributed by atoms with Crippen molar-refractivity contribution in [2.45, 2.75) is 90.9 Å². The fraction of sp³-hybridized carbons (Fsp3) is 0.688. The molecule has 0 fully saturated rings. The van der Waals surface area contributed by atoms with Gasteiger partial charge < -0.3 is 0 Å². The van der Waals surface area contributed by atoms with Crippen LogP contribution in [0.4, 0.5) is 0 Å². The molecule has 0 amide bonds. The van der Waals surface area contributed by atoms with Crippen LogP contribution in [-0.4, -0.2) is 96.4 Å². The standard InChI is InChI=1S/C32H54N4O4/c1-7-9-11-13-15-21-29-33(3)23-25-35(29,5)39-31(37)27-19-17-18-20-28(27)32(38)40-36(6)26-24-34(4)30(36)22-16-14-12-10-8-2/h17-20H,7-16,21-26H2,1-6H3/q+4. The van der Waals surface area contributed by atoms with Crippen LogP contribution in [-0.2, 0) is 9.68 Å². The number of rotatable bonds is 16. The molecule has 0 N–H and O–H groups in total. The number of hydroxylamine groups is 6. The number of nitrogens with zero attached hydrogens (tertiary/aromatic N) is 4. The van der Waals surface area contributed by atoms with E-state index in [-0.39, 0.29) is 20.4 Å². The Bertz CT molecular complexity index is 1010. The first kappa shape index (κ1) is 31.9. The van der Waals surface area contributed by atoms with Gasteiger partial charge in [-0.2, -0.15) is 9.15 Å². The lowest BCUT2D eigenvalue weighted by Crippen LogP contribution is -2.50. The molecule has 8 nitrogen and oxygen atoms in total. The molecular formula is C32H54N4O4+4. The lowest BCUT2D eigenvalue weighted by atomic mass is 10.1. The summed E-state index contributed by atoms with van der Waals surface area (Å²) in [5.74, 6) is 1.24. The normalized spacial score (nSPS) is 22.8. The molecule has 0 bridgehead atoms. The van der Waals surface area contributed by atoms with E-state index in [4.69, 9.17) is 9.68 Å². The lowest BCUT2D eigenvalue weighted by Gasteiger charge is -2.24. The van der Waals surface area contributed by atoms with Gasteiger partial charge >= 0.3 is 23.6 Å². The third-order valence-electron chi connectivity index (χ3n) is 8.64. The van der Waals surface area contributed by atoms with Crippen LogP contribution < -0.4 is 0 Å². The second-order valence-electron chi connectivity index (χ2n) is 12.0. The molecule has 40 heavy (non-hydrogen) atoms. The molecule has 2 atom stereocenters. The molecule has 0 aliphatic carbocycles. The minimum atomic E-state index is -0.491. The van der Waals surface area contributed by atoms with Crippen molar-refractivity contribution in [1.29, 1.82) is 0 Å². The minimum Gasteiger partial charge on any atom is -0.261 e. The Hall–Kier alpha value is -2.58. The van der Waals surface area contributed by atoms with Crippen molar-refractivity contribution < 1.29 is 37.7 Å². The smallest absolute Gasteiger partial charge is 0.261 e. The first-order chi connectivity index (χ1) is 19.1. The van der Waals surface area contributed by atoms with Gasteiger partial charge in [0.25, 0.3) is 0 Å². The minimum absolute atomic E-state index is 0.126. The summed E-state index contributed by atoms with van der Waals surface area (Å²) in [6.07, 6.45) is 13.7. The molecular weight excluding hydrogens is 504 g/mol. The number of carbonyl (C=O) groups excluding carboxylic acids is 2. The van der Waals surface area contributed by atoms with Crippen molar-refractivity contribution in [3.05, 3.63) is 35.4 Å². The summed E-state index contributed by atoms with van der Waals surface area (Å²) in [5.41, 5.74) is 0.507. The summed E-state index contributed by atoms with van der Waals surface area (Å²) >= 11 is 0. The SMILES string of the molecule is CCCCCCCC1=[N+](C)CC[N+]1(C)OC(=O)c1ccccc1C(=O)O[N+]1(C)CC[N+](C)=C1CCCCCCC. The first-order valence-corrected chi connectivity index (χ1v) is 15.6. The summed E-state index contributed by atoms with van der Waals surface area (Å²) in [5, 5.41) is 0. The van der Waals surface area contributed by atoms with Gasteiger partial charge in [0.05, 0.1) is 24.0 Å². The number of benzene rings is 1. The van der Waals surface area contributed by atoms with E-state index in [2.05, 4.69) is 37.1 Å². The highest BCUT2D eigenvalue weighted by Crippen LogP contribution is 2.24. The predicted molar refractivity (Wildman–Crippen MR) is 158 cm³/mol. The topological polar surface area (TPSA) is 58.6 Å². The molecule has 2 unspecified atom stereocenters. The quantitative estimate of drug-likeness (QED) is 0.152. The van der Waals surface area contributed by atoms with Crippen molar-refractivity contribution in [3.8, 4) is 0 Å². The number of quaternary nitrogens is 2. The Morgan fingerprint density at radius 2 is 1.05 bits per heavy atom. The fourth-order valence-electron chi connectivity index (χ4n) is 6.05. The molecule has 222 valence electrons.